The molecule has 1 N–H and O–H groups in total. The summed E-state index contributed by atoms with van der Waals surface area (Å²) in [5.74, 6) is 0.633. The molecule has 4 heteroatoms. The molecule has 3 aromatic rings. The van der Waals surface area contributed by atoms with E-state index in [0.29, 0.717) is 6.61 Å². The third kappa shape index (κ3) is 6.89. The maximum atomic E-state index is 12.3. The van der Waals surface area contributed by atoms with Crippen LogP contribution in [-0.2, 0) is 17.8 Å². The molecule has 0 aromatic heterocycles. The van der Waals surface area contributed by atoms with Crippen molar-refractivity contribution in [3.8, 4) is 5.75 Å². The molecule has 154 valence electrons. The van der Waals surface area contributed by atoms with Crippen LogP contribution in [0.15, 0.2) is 83.3 Å². The van der Waals surface area contributed by atoms with Gasteiger partial charge >= 0.3 is 0 Å². The van der Waals surface area contributed by atoms with Gasteiger partial charge in [-0.25, -0.2) is 0 Å². The Morgan fingerprint density at radius 1 is 1.00 bits per heavy atom. The number of hydrogen-bond acceptors (Lipinski definition) is 2. The predicted octanol–water partition coefficient (Wildman–Crippen LogP) is 7.02. The lowest BCUT2D eigenvalue weighted by Gasteiger charge is -2.08. The van der Waals surface area contributed by atoms with E-state index < -0.39 is 0 Å². The van der Waals surface area contributed by atoms with E-state index >= 15 is 0 Å². The van der Waals surface area contributed by atoms with Crippen LogP contribution < -0.4 is 10.1 Å². The van der Waals surface area contributed by atoms with E-state index in [0.717, 1.165) is 39.9 Å². The van der Waals surface area contributed by atoms with Crippen LogP contribution >= 0.6 is 15.9 Å². The monoisotopic (exact) mass is 463 g/mol. The van der Waals surface area contributed by atoms with E-state index in [1.165, 1.54) is 18.1 Å². The van der Waals surface area contributed by atoms with Crippen LogP contribution in [0.3, 0.4) is 0 Å². The van der Waals surface area contributed by atoms with Gasteiger partial charge in [0.1, 0.15) is 12.4 Å². The van der Waals surface area contributed by atoms with Gasteiger partial charge < -0.3 is 10.1 Å². The Morgan fingerprint density at radius 3 is 2.47 bits per heavy atom. The number of halogens is 1. The number of carbonyl (C=O) groups is 1. The minimum absolute atomic E-state index is 0.165. The highest BCUT2D eigenvalue weighted by atomic mass is 79.9. The van der Waals surface area contributed by atoms with E-state index in [4.69, 9.17) is 4.74 Å². The summed E-state index contributed by atoms with van der Waals surface area (Å²) in [5.41, 5.74) is 4.11. The molecule has 0 aliphatic carbocycles. The summed E-state index contributed by atoms with van der Waals surface area (Å²) < 4.78 is 6.69. The molecule has 3 aromatic carbocycles. The average Bonchev–Trinajstić information content (AvgIpc) is 2.78. The van der Waals surface area contributed by atoms with Crippen molar-refractivity contribution in [2.24, 2.45) is 0 Å². The lowest BCUT2D eigenvalue weighted by molar-refractivity contribution is -0.111. The van der Waals surface area contributed by atoms with Crippen LogP contribution in [0, 0.1) is 0 Å². The quantitative estimate of drug-likeness (QED) is 0.346. The van der Waals surface area contributed by atoms with Gasteiger partial charge in [0.2, 0.25) is 5.91 Å². The third-order valence-corrected chi connectivity index (χ3v) is 5.32. The molecule has 3 rings (SSSR count). The molecule has 0 bridgehead atoms. The molecule has 30 heavy (non-hydrogen) atoms. The summed E-state index contributed by atoms with van der Waals surface area (Å²) in [6, 6.07) is 23.8. The number of carbonyl (C=O) groups excluding carboxylic acids is 1. The molecule has 0 radical (unpaired) electrons. The van der Waals surface area contributed by atoms with Crippen molar-refractivity contribution in [1.82, 2.24) is 0 Å². The average molecular weight is 464 g/mol. The fourth-order valence-electron chi connectivity index (χ4n) is 2.96. The second-order valence-corrected chi connectivity index (χ2v) is 7.94. The number of rotatable bonds is 9. The maximum Gasteiger partial charge on any atom is 0.248 e. The van der Waals surface area contributed by atoms with Crippen molar-refractivity contribution in [2.75, 3.05) is 5.32 Å². The summed E-state index contributed by atoms with van der Waals surface area (Å²) in [5, 5.41) is 2.92. The Labute approximate surface area is 186 Å². The lowest BCUT2D eigenvalue weighted by Crippen LogP contribution is -2.08. The Hall–Kier alpha value is -2.85. The van der Waals surface area contributed by atoms with Crippen LogP contribution in [0.1, 0.15) is 36.5 Å². The second kappa shape index (κ2) is 11.4. The lowest BCUT2D eigenvalue weighted by atomic mass is 10.1. The number of benzene rings is 3. The highest BCUT2D eigenvalue weighted by Crippen LogP contribution is 2.24. The van der Waals surface area contributed by atoms with Gasteiger partial charge in [-0.05, 0) is 75.8 Å². The molecular formula is C26H26BrNO2. The first-order valence-electron chi connectivity index (χ1n) is 10.2. The first kappa shape index (κ1) is 21.8. The molecule has 0 heterocycles. The van der Waals surface area contributed by atoms with E-state index in [1.807, 2.05) is 60.7 Å². The summed E-state index contributed by atoms with van der Waals surface area (Å²) in [4.78, 5) is 12.3. The summed E-state index contributed by atoms with van der Waals surface area (Å²) in [7, 11) is 0. The van der Waals surface area contributed by atoms with Gasteiger partial charge in [0.05, 0.1) is 5.69 Å². The van der Waals surface area contributed by atoms with E-state index in [9.17, 15) is 4.79 Å². The Morgan fingerprint density at radius 2 is 1.77 bits per heavy atom. The van der Waals surface area contributed by atoms with Crippen LogP contribution in [0.2, 0.25) is 0 Å². The molecule has 0 unspecified atom stereocenters. The standard InChI is InChI=1S/C26H26BrNO2/c1-2-3-7-21-12-16-25(24(27)18-21)28-26(29)17-13-20-10-14-23(15-11-20)30-19-22-8-5-4-6-9-22/h4-6,8-18H,2-3,7,19H2,1H3,(H,28,29)/b17-13+. The van der Waals surface area contributed by atoms with Crippen molar-refractivity contribution < 1.29 is 9.53 Å². The number of aryl methyl sites for hydroxylation is 1. The first-order chi connectivity index (χ1) is 14.6. The highest BCUT2D eigenvalue weighted by molar-refractivity contribution is 9.10. The van der Waals surface area contributed by atoms with Crippen LogP contribution in [0.4, 0.5) is 5.69 Å². The van der Waals surface area contributed by atoms with Crippen molar-refractivity contribution in [3.05, 3.63) is 100 Å². The molecule has 0 spiro atoms. The molecular weight excluding hydrogens is 438 g/mol. The normalized spacial score (nSPS) is 10.9. The zero-order valence-electron chi connectivity index (χ0n) is 17.1. The van der Waals surface area contributed by atoms with Crippen LogP contribution in [-0.4, -0.2) is 5.91 Å². The van der Waals surface area contributed by atoms with Gasteiger partial charge in [-0.15, -0.1) is 0 Å². The largest absolute Gasteiger partial charge is 0.489 e. The molecule has 0 aliphatic rings. The fraction of sp³-hybridized carbons (Fsp3) is 0.192. The second-order valence-electron chi connectivity index (χ2n) is 7.08. The molecule has 0 atom stereocenters. The van der Waals surface area contributed by atoms with Gasteiger partial charge in [-0.2, -0.15) is 0 Å². The van der Waals surface area contributed by atoms with Gasteiger partial charge in [-0.1, -0.05) is 61.9 Å². The third-order valence-electron chi connectivity index (χ3n) is 4.67. The molecule has 0 fully saturated rings. The highest BCUT2D eigenvalue weighted by Gasteiger charge is 2.04. The zero-order valence-corrected chi connectivity index (χ0v) is 18.7. The van der Waals surface area contributed by atoms with Crippen molar-refractivity contribution in [2.45, 2.75) is 32.8 Å². The number of ether oxygens (including phenoxy) is 1. The van der Waals surface area contributed by atoms with Gasteiger partial charge in [0.25, 0.3) is 0 Å². The Bertz CT molecular complexity index is 982. The van der Waals surface area contributed by atoms with Crippen molar-refractivity contribution in [1.29, 1.82) is 0 Å². The minimum atomic E-state index is -0.165. The fourth-order valence-corrected chi connectivity index (χ4v) is 3.48. The summed E-state index contributed by atoms with van der Waals surface area (Å²) in [6.45, 7) is 2.71. The van der Waals surface area contributed by atoms with Crippen LogP contribution in [0.5, 0.6) is 5.75 Å². The maximum absolute atomic E-state index is 12.3. The number of unbranched alkanes of at least 4 members (excludes halogenated alkanes) is 1. The summed E-state index contributed by atoms with van der Waals surface area (Å²) in [6.07, 6.45) is 6.71. The number of hydrogen-bond donors (Lipinski definition) is 1. The Balaban J connectivity index is 1.52. The number of amides is 1. The first-order valence-corrected chi connectivity index (χ1v) is 11.0. The smallest absolute Gasteiger partial charge is 0.248 e. The zero-order chi connectivity index (χ0) is 21.2. The molecule has 0 saturated carbocycles. The SMILES string of the molecule is CCCCc1ccc(NC(=O)/C=C/c2ccc(OCc3ccccc3)cc2)c(Br)c1. The van der Waals surface area contributed by atoms with Crippen LogP contribution in [0.25, 0.3) is 6.08 Å². The van der Waals surface area contributed by atoms with Crippen molar-refractivity contribution >= 4 is 33.6 Å². The Kier molecular flexibility index (Phi) is 8.28. The summed E-state index contributed by atoms with van der Waals surface area (Å²) >= 11 is 3.55. The predicted molar refractivity (Wildman–Crippen MR) is 128 cm³/mol. The van der Waals surface area contributed by atoms with E-state index in [2.05, 4.69) is 40.3 Å². The van der Waals surface area contributed by atoms with Gasteiger partial charge in [0, 0.05) is 10.5 Å². The molecule has 0 aliphatic heterocycles. The molecule has 0 saturated heterocycles. The number of anilines is 1. The minimum Gasteiger partial charge on any atom is -0.489 e. The molecule has 3 nitrogen and oxygen atoms in total. The van der Waals surface area contributed by atoms with E-state index in [-0.39, 0.29) is 5.91 Å². The van der Waals surface area contributed by atoms with Gasteiger partial charge in [0.15, 0.2) is 0 Å². The number of nitrogens with one attached hydrogen (secondary N) is 1. The molecule has 1 amide bonds. The van der Waals surface area contributed by atoms with E-state index in [1.54, 1.807) is 6.08 Å². The van der Waals surface area contributed by atoms with Crippen molar-refractivity contribution in [3.63, 3.8) is 0 Å². The topological polar surface area (TPSA) is 38.3 Å². The van der Waals surface area contributed by atoms with Gasteiger partial charge in [-0.3, -0.25) is 4.79 Å².